The lowest BCUT2D eigenvalue weighted by molar-refractivity contribution is 1.18. The van der Waals surface area contributed by atoms with Crippen LogP contribution in [0.15, 0.2) is 212 Å². The highest BCUT2D eigenvalue weighted by Crippen LogP contribution is 2.38. The molecule has 2 aromatic heterocycles. The van der Waals surface area contributed by atoms with Gasteiger partial charge in [0.15, 0.2) is 5.82 Å². The van der Waals surface area contributed by atoms with E-state index in [1.807, 2.05) is 18.2 Å². The van der Waals surface area contributed by atoms with Gasteiger partial charge in [-0.15, -0.1) is 0 Å². The van der Waals surface area contributed by atoms with Crippen LogP contribution < -0.4 is 0 Å². The lowest BCUT2D eigenvalue weighted by atomic mass is 9.93. The first-order valence-corrected chi connectivity index (χ1v) is 18.9. The zero-order valence-electron chi connectivity index (χ0n) is 30.5. The molecule has 0 amide bonds. The number of hydrogen-bond acceptors (Lipinski definition) is 3. The van der Waals surface area contributed by atoms with Crippen LogP contribution in [0, 0.1) is 0 Å². The third-order valence-electron chi connectivity index (χ3n) is 10.5. The molecule has 10 rings (SSSR count). The van der Waals surface area contributed by atoms with Gasteiger partial charge in [-0.1, -0.05) is 182 Å². The van der Waals surface area contributed by atoms with Crippen molar-refractivity contribution in [1.82, 2.24) is 15.0 Å². The fourth-order valence-corrected chi connectivity index (χ4v) is 7.64. The number of aromatic nitrogens is 3. The van der Waals surface area contributed by atoms with E-state index >= 15 is 0 Å². The molecule has 0 N–H and O–H groups in total. The molecule has 262 valence electrons. The molecule has 0 bridgehead atoms. The zero-order valence-corrected chi connectivity index (χ0v) is 30.5. The minimum atomic E-state index is 0.684. The molecule has 0 radical (unpaired) electrons. The first-order chi connectivity index (χ1) is 27.7. The summed E-state index contributed by atoms with van der Waals surface area (Å²) >= 11 is 0. The van der Waals surface area contributed by atoms with Gasteiger partial charge >= 0.3 is 0 Å². The Morgan fingerprint density at radius 2 is 0.750 bits per heavy atom. The van der Waals surface area contributed by atoms with Crippen molar-refractivity contribution in [1.29, 1.82) is 0 Å². The maximum atomic E-state index is 5.24. The summed E-state index contributed by atoms with van der Waals surface area (Å²) in [6.45, 7) is 0. The van der Waals surface area contributed by atoms with E-state index in [0.29, 0.717) is 5.82 Å². The van der Waals surface area contributed by atoms with Crippen LogP contribution in [0.2, 0.25) is 0 Å². The van der Waals surface area contributed by atoms with Crippen molar-refractivity contribution in [2.45, 2.75) is 0 Å². The number of nitrogens with zero attached hydrogens (tertiary/aromatic N) is 3. The largest absolute Gasteiger partial charge is 0.248 e. The van der Waals surface area contributed by atoms with Gasteiger partial charge in [-0.25, -0.2) is 15.0 Å². The summed E-state index contributed by atoms with van der Waals surface area (Å²) in [4.78, 5) is 15.6. The Kier molecular flexibility index (Phi) is 8.51. The van der Waals surface area contributed by atoms with Crippen LogP contribution in [-0.2, 0) is 0 Å². The zero-order chi connectivity index (χ0) is 37.3. The van der Waals surface area contributed by atoms with Crippen molar-refractivity contribution in [3.05, 3.63) is 212 Å². The summed E-state index contributed by atoms with van der Waals surface area (Å²) in [7, 11) is 0. The van der Waals surface area contributed by atoms with Gasteiger partial charge in [-0.05, 0) is 74.5 Å². The summed E-state index contributed by atoms with van der Waals surface area (Å²) in [5, 5.41) is 3.54. The van der Waals surface area contributed by atoms with Crippen LogP contribution in [0.3, 0.4) is 0 Å². The van der Waals surface area contributed by atoms with Crippen LogP contribution in [0.25, 0.3) is 100 Å². The Balaban J connectivity index is 1.12. The van der Waals surface area contributed by atoms with Crippen molar-refractivity contribution in [3.8, 4) is 78.5 Å². The number of benzene rings is 8. The summed E-state index contributed by atoms with van der Waals surface area (Å²) in [6.07, 6.45) is 0. The minimum Gasteiger partial charge on any atom is -0.248 e. The lowest BCUT2D eigenvalue weighted by Gasteiger charge is -2.14. The number of fused-ring (bicyclic) bond motifs is 3. The molecule has 56 heavy (non-hydrogen) atoms. The molecule has 8 aromatic carbocycles. The van der Waals surface area contributed by atoms with E-state index in [2.05, 4.69) is 194 Å². The molecule has 0 aliphatic heterocycles. The number of rotatable bonds is 7. The maximum absolute atomic E-state index is 5.24. The van der Waals surface area contributed by atoms with Crippen LogP contribution in [0.4, 0.5) is 0 Å². The van der Waals surface area contributed by atoms with Crippen LogP contribution in [0.1, 0.15) is 0 Å². The average Bonchev–Trinajstić information content (AvgIpc) is 3.29. The number of hydrogen-bond donors (Lipinski definition) is 0. The Hall–Kier alpha value is -7.49. The molecule has 3 heteroatoms. The molecule has 0 saturated carbocycles. The Morgan fingerprint density at radius 1 is 0.268 bits per heavy atom. The van der Waals surface area contributed by atoms with Crippen molar-refractivity contribution < 1.29 is 0 Å². The van der Waals surface area contributed by atoms with Crippen molar-refractivity contribution >= 4 is 21.7 Å². The molecule has 0 aliphatic rings. The van der Waals surface area contributed by atoms with Crippen LogP contribution in [-0.4, -0.2) is 15.0 Å². The summed E-state index contributed by atoms with van der Waals surface area (Å²) in [5.74, 6) is 0.684. The maximum Gasteiger partial charge on any atom is 0.160 e. The molecule has 2 heterocycles. The molecule has 0 unspecified atom stereocenters. The van der Waals surface area contributed by atoms with E-state index in [0.717, 1.165) is 78.1 Å². The molecule has 0 fully saturated rings. The van der Waals surface area contributed by atoms with Gasteiger partial charge in [-0.2, -0.15) is 0 Å². The number of pyridine rings is 1. The molecule has 3 nitrogen and oxygen atoms in total. The second-order valence-electron chi connectivity index (χ2n) is 14.0. The monoisotopic (exact) mass is 713 g/mol. The normalized spacial score (nSPS) is 11.2. The minimum absolute atomic E-state index is 0.684. The van der Waals surface area contributed by atoms with Gasteiger partial charge in [-0.3, -0.25) is 0 Å². The van der Waals surface area contributed by atoms with Crippen LogP contribution in [0.5, 0.6) is 0 Å². The van der Waals surface area contributed by atoms with Gasteiger partial charge in [0.25, 0.3) is 0 Å². The predicted octanol–water partition coefficient (Wildman–Crippen LogP) is 13.8. The van der Waals surface area contributed by atoms with Gasteiger partial charge in [0.2, 0.25) is 0 Å². The molecule has 0 spiro atoms. The SMILES string of the molecule is c1ccc(-c2cccc(-c3cc(-c4ccc(-c5cc(-c6ccccc6)nc6ccc7ccccc7c56)cc4)nc(-c4cccc(-c5ccccc5)c4)n3)c2)cc1. The molecule has 0 saturated heterocycles. The van der Waals surface area contributed by atoms with Gasteiger partial charge in [0, 0.05) is 27.6 Å². The van der Waals surface area contributed by atoms with Gasteiger partial charge in [0.05, 0.1) is 22.6 Å². The third kappa shape index (κ3) is 6.42. The fourth-order valence-electron chi connectivity index (χ4n) is 7.64. The predicted molar refractivity (Wildman–Crippen MR) is 233 cm³/mol. The van der Waals surface area contributed by atoms with Crippen molar-refractivity contribution in [3.63, 3.8) is 0 Å². The first kappa shape index (κ1) is 33.1. The standard InChI is InChI=1S/C53H35N3/c1-4-14-36(15-5-1)42-21-12-23-44(32-42)51-35-50(55-53(56-51)45-24-13-22-43(33-45)37-16-6-2-7-17-37)41-28-26-39(27-29-41)47-34-49(40-19-8-3-9-20-40)54-48-31-30-38-18-10-11-25-46(38)52(47)48/h1-35H. The lowest BCUT2D eigenvalue weighted by Crippen LogP contribution is -1.96. The van der Waals surface area contributed by atoms with E-state index in [9.17, 15) is 0 Å². The van der Waals surface area contributed by atoms with Crippen LogP contribution >= 0.6 is 0 Å². The third-order valence-corrected chi connectivity index (χ3v) is 10.5. The second-order valence-corrected chi connectivity index (χ2v) is 14.0. The average molecular weight is 714 g/mol. The molecular formula is C53H35N3. The van der Waals surface area contributed by atoms with E-state index < -0.39 is 0 Å². The Bertz CT molecular complexity index is 2890. The smallest absolute Gasteiger partial charge is 0.160 e. The van der Waals surface area contributed by atoms with Crippen molar-refractivity contribution in [2.24, 2.45) is 0 Å². The van der Waals surface area contributed by atoms with Crippen molar-refractivity contribution in [2.75, 3.05) is 0 Å². The fraction of sp³-hybridized carbons (Fsp3) is 0. The highest BCUT2D eigenvalue weighted by atomic mass is 14.9. The van der Waals surface area contributed by atoms with Gasteiger partial charge in [0.1, 0.15) is 0 Å². The van der Waals surface area contributed by atoms with E-state index in [4.69, 9.17) is 15.0 Å². The molecule has 0 atom stereocenters. The van der Waals surface area contributed by atoms with Gasteiger partial charge < -0.3 is 0 Å². The summed E-state index contributed by atoms with van der Waals surface area (Å²) in [6, 6.07) is 74.5. The highest BCUT2D eigenvalue weighted by molar-refractivity contribution is 6.13. The molecule has 10 aromatic rings. The Labute approximate surface area is 326 Å². The van der Waals surface area contributed by atoms with E-state index in [1.165, 1.54) is 16.3 Å². The Morgan fingerprint density at radius 3 is 1.43 bits per heavy atom. The second kappa shape index (κ2) is 14.4. The highest BCUT2D eigenvalue weighted by Gasteiger charge is 2.16. The van der Waals surface area contributed by atoms with E-state index in [-0.39, 0.29) is 0 Å². The van der Waals surface area contributed by atoms with E-state index in [1.54, 1.807) is 0 Å². The topological polar surface area (TPSA) is 38.7 Å². The molecular weight excluding hydrogens is 679 g/mol. The molecule has 0 aliphatic carbocycles. The summed E-state index contributed by atoms with van der Waals surface area (Å²) in [5.41, 5.74) is 14.6. The summed E-state index contributed by atoms with van der Waals surface area (Å²) < 4.78 is 0. The first-order valence-electron chi connectivity index (χ1n) is 18.9. The quantitative estimate of drug-likeness (QED) is 0.154.